The number of carbonyl (C=O) groups excluding carboxylic acids is 2. The van der Waals surface area contributed by atoms with Crippen LogP contribution in [0, 0.1) is 0 Å². The highest BCUT2D eigenvalue weighted by Crippen LogP contribution is 2.37. The van der Waals surface area contributed by atoms with E-state index in [2.05, 4.69) is 6.92 Å². The third-order valence-electron chi connectivity index (χ3n) is 4.65. The maximum atomic E-state index is 13.0. The van der Waals surface area contributed by atoms with Gasteiger partial charge in [0.1, 0.15) is 0 Å². The molecule has 2 aromatic rings. The van der Waals surface area contributed by atoms with Gasteiger partial charge in [0, 0.05) is 12.3 Å². The predicted molar refractivity (Wildman–Crippen MR) is 112 cm³/mol. The highest BCUT2D eigenvalue weighted by Gasteiger charge is 2.38. The highest BCUT2D eigenvalue weighted by atomic mass is 32.2. The first-order valence-corrected chi connectivity index (χ1v) is 10.5. The van der Waals surface area contributed by atoms with Gasteiger partial charge in [-0.15, -0.1) is 11.8 Å². The van der Waals surface area contributed by atoms with Crippen LogP contribution in [0.4, 0.5) is 0 Å². The number of benzene rings is 2. The molecule has 2 amide bonds. The molecule has 0 saturated carbocycles. The molecule has 3 nitrogen and oxygen atoms in total. The van der Waals surface area contributed by atoms with Gasteiger partial charge >= 0.3 is 0 Å². The van der Waals surface area contributed by atoms with Crippen molar-refractivity contribution in [3.05, 3.63) is 76.7 Å². The Morgan fingerprint density at radius 3 is 2.15 bits per heavy atom. The van der Waals surface area contributed by atoms with E-state index in [4.69, 9.17) is 0 Å². The van der Waals surface area contributed by atoms with Gasteiger partial charge in [0.05, 0.1) is 10.5 Å². The van der Waals surface area contributed by atoms with Gasteiger partial charge in [-0.2, -0.15) is 0 Å². The van der Waals surface area contributed by atoms with E-state index in [-0.39, 0.29) is 11.8 Å². The molecule has 1 aliphatic rings. The van der Waals surface area contributed by atoms with E-state index >= 15 is 0 Å². The van der Waals surface area contributed by atoms with Crippen molar-refractivity contribution in [3.8, 4) is 0 Å². The standard InChI is InChI=1S/C23H25NO2S/c1-2-3-4-11-16-24-22(25)20(19-14-9-6-10-15-19)21(23(24)26)27-17-18-12-7-5-8-13-18/h5-10,12-15H,2-4,11,16-17H2,1H3. The molecule has 0 fully saturated rings. The fraction of sp³-hybridized carbons (Fsp3) is 0.304. The first-order valence-electron chi connectivity index (χ1n) is 9.55. The summed E-state index contributed by atoms with van der Waals surface area (Å²) in [6, 6.07) is 19.6. The molecule has 0 atom stereocenters. The maximum absolute atomic E-state index is 13.0. The molecule has 0 N–H and O–H groups in total. The topological polar surface area (TPSA) is 37.4 Å². The Balaban J connectivity index is 1.82. The zero-order valence-corrected chi connectivity index (χ0v) is 16.5. The zero-order valence-electron chi connectivity index (χ0n) is 15.7. The number of imide groups is 1. The second-order valence-electron chi connectivity index (χ2n) is 6.67. The quantitative estimate of drug-likeness (QED) is 0.439. The third-order valence-corrected chi connectivity index (χ3v) is 5.79. The summed E-state index contributed by atoms with van der Waals surface area (Å²) in [5.41, 5.74) is 2.52. The van der Waals surface area contributed by atoms with E-state index in [0.29, 0.717) is 22.8 Å². The minimum Gasteiger partial charge on any atom is -0.274 e. The SMILES string of the molecule is CCCCCCN1C(=O)C(SCc2ccccc2)=C(c2ccccc2)C1=O. The largest absolute Gasteiger partial charge is 0.274 e. The fourth-order valence-corrected chi connectivity index (χ4v) is 4.26. The van der Waals surface area contributed by atoms with Crippen molar-refractivity contribution in [1.82, 2.24) is 4.90 Å². The molecule has 1 heterocycles. The monoisotopic (exact) mass is 379 g/mol. The number of unbranched alkanes of at least 4 members (excludes halogenated alkanes) is 3. The summed E-state index contributed by atoms with van der Waals surface area (Å²) in [4.78, 5) is 28.1. The molecular formula is C23H25NO2S. The molecule has 4 heteroatoms. The van der Waals surface area contributed by atoms with Gasteiger partial charge in [-0.1, -0.05) is 86.8 Å². The van der Waals surface area contributed by atoms with Crippen LogP contribution in [0.5, 0.6) is 0 Å². The summed E-state index contributed by atoms with van der Waals surface area (Å²) < 4.78 is 0. The Hall–Kier alpha value is -2.33. The molecular weight excluding hydrogens is 354 g/mol. The number of nitrogens with zero attached hydrogens (tertiary/aromatic N) is 1. The minimum absolute atomic E-state index is 0.142. The van der Waals surface area contributed by atoms with Crippen LogP contribution in [0.15, 0.2) is 65.6 Å². The lowest BCUT2D eigenvalue weighted by atomic mass is 10.1. The van der Waals surface area contributed by atoms with Gasteiger partial charge in [0.2, 0.25) is 0 Å². The van der Waals surface area contributed by atoms with Crippen LogP contribution in [0.25, 0.3) is 5.57 Å². The Bertz CT molecular complexity index is 815. The molecule has 140 valence electrons. The molecule has 0 aromatic heterocycles. The number of carbonyl (C=O) groups is 2. The second-order valence-corrected chi connectivity index (χ2v) is 7.65. The van der Waals surface area contributed by atoms with Gasteiger partial charge in [-0.3, -0.25) is 14.5 Å². The summed E-state index contributed by atoms with van der Waals surface area (Å²) in [5.74, 6) is 0.379. The number of rotatable bonds is 9. The van der Waals surface area contributed by atoms with Gasteiger partial charge < -0.3 is 0 Å². The van der Waals surface area contributed by atoms with Crippen LogP contribution in [0.3, 0.4) is 0 Å². The average Bonchev–Trinajstić information content (AvgIpc) is 2.95. The molecule has 0 unspecified atom stereocenters. The lowest BCUT2D eigenvalue weighted by Crippen LogP contribution is -2.32. The van der Waals surface area contributed by atoms with Crippen molar-refractivity contribution in [2.45, 2.75) is 38.4 Å². The van der Waals surface area contributed by atoms with Gasteiger partial charge in [0.25, 0.3) is 11.8 Å². The van der Waals surface area contributed by atoms with Crippen LogP contribution in [0.1, 0.15) is 43.7 Å². The van der Waals surface area contributed by atoms with Crippen LogP contribution in [-0.4, -0.2) is 23.3 Å². The second kappa shape index (κ2) is 9.56. The van der Waals surface area contributed by atoms with Crippen molar-refractivity contribution in [2.75, 3.05) is 6.54 Å². The smallest absolute Gasteiger partial charge is 0.267 e. The summed E-state index contributed by atoms with van der Waals surface area (Å²) in [6.07, 6.45) is 4.17. The zero-order chi connectivity index (χ0) is 19.1. The molecule has 0 spiro atoms. The molecule has 2 aromatic carbocycles. The first kappa shape index (κ1) is 19.4. The van der Waals surface area contributed by atoms with E-state index in [1.165, 1.54) is 16.7 Å². The number of hydrogen-bond acceptors (Lipinski definition) is 3. The average molecular weight is 380 g/mol. The summed E-state index contributed by atoms with van der Waals surface area (Å²) >= 11 is 1.47. The van der Waals surface area contributed by atoms with Crippen LogP contribution in [0.2, 0.25) is 0 Å². The van der Waals surface area contributed by atoms with E-state index in [1.54, 1.807) is 0 Å². The Kier molecular flexibility index (Phi) is 6.88. The van der Waals surface area contributed by atoms with Crippen LogP contribution >= 0.6 is 11.8 Å². The van der Waals surface area contributed by atoms with E-state index in [0.717, 1.165) is 36.8 Å². The normalized spacial score (nSPS) is 14.3. The molecule has 0 radical (unpaired) electrons. The van der Waals surface area contributed by atoms with Crippen molar-refractivity contribution in [2.24, 2.45) is 0 Å². The molecule has 1 aliphatic heterocycles. The predicted octanol–water partition coefficient (Wildman–Crippen LogP) is 5.28. The number of thioether (sulfide) groups is 1. The van der Waals surface area contributed by atoms with Gasteiger partial charge in [-0.05, 0) is 17.5 Å². The van der Waals surface area contributed by atoms with Crippen molar-refractivity contribution in [3.63, 3.8) is 0 Å². The summed E-state index contributed by atoms with van der Waals surface area (Å²) in [7, 11) is 0. The Morgan fingerprint density at radius 1 is 0.815 bits per heavy atom. The third kappa shape index (κ3) is 4.69. The van der Waals surface area contributed by atoms with Crippen molar-refractivity contribution in [1.29, 1.82) is 0 Å². The van der Waals surface area contributed by atoms with Crippen LogP contribution < -0.4 is 0 Å². The maximum Gasteiger partial charge on any atom is 0.267 e. The van der Waals surface area contributed by atoms with Crippen molar-refractivity contribution >= 4 is 29.1 Å². The lowest BCUT2D eigenvalue weighted by Gasteiger charge is -2.14. The van der Waals surface area contributed by atoms with E-state index in [1.807, 2.05) is 60.7 Å². The first-order chi connectivity index (χ1) is 13.2. The lowest BCUT2D eigenvalue weighted by molar-refractivity contribution is -0.136. The number of hydrogen-bond donors (Lipinski definition) is 0. The van der Waals surface area contributed by atoms with Crippen LogP contribution in [-0.2, 0) is 15.3 Å². The highest BCUT2D eigenvalue weighted by molar-refractivity contribution is 8.03. The van der Waals surface area contributed by atoms with Gasteiger partial charge in [0.15, 0.2) is 0 Å². The Morgan fingerprint density at radius 2 is 1.48 bits per heavy atom. The summed E-state index contributed by atoms with van der Waals surface area (Å²) in [5, 5.41) is 0. The van der Waals surface area contributed by atoms with E-state index in [9.17, 15) is 9.59 Å². The fourth-order valence-electron chi connectivity index (χ4n) is 3.18. The molecule has 0 saturated heterocycles. The van der Waals surface area contributed by atoms with Gasteiger partial charge in [-0.25, -0.2) is 0 Å². The summed E-state index contributed by atoms with van der Waals surface area (Å²) in [6.45, 7) is 2.66. The molecule has 0 aliphatic carbocycles. The minimum atomic E-state index is -0.154. The molecule has 27 heavy (non-hydrogen) atoms. The molecule has 0 bridgehead atoms. The van der Waals surface area contributed by atoms with Crippen molar-refractivity contribution < 1.29 is 9.59 Å². The number of amides is 2. The Labute approximate surface area is 165 Å². The molecule has 3 rings (SSSR count). The van der Waals surface area contributed by atoms with E-state index < -0.39 is 0 Å².